The normalized spacial score (nSPS) is 26.0. The van der Waals surface area contributed by atoms with Gasteiger partial charge in [-0.25, -0.2) is 4.79 Å². The third-order valence-corrected chi connectivity index (χ3v) is 5.52. The van der Waals surface area contributed by atoms with Gasteiger partial charge in [0.1, 0.15) is 11.3 Å². The number of nitrogens with one attached hydrogen (secondary N) is 1. The van der Waals surface area contributed by atoms with E-state index in [1.807, 2.05) is 6.92 Å². The van der Waals surface area contributed by atoms with Crippen molar-refractivity contribution in [2.45, 2.75) is 51.6 Å². The summed E-state index contributed by atoms with van der Waals surface area (Å²) in [5.41, 5.74) is 0.406. The van der Waals surface area contributed by atoms with E-state index in [1.54, 1.807) is 18.2 Å². The SMILES string of the molecule is COc1ccc(C(C)=O)cc1CN1C(=O)N[C@]2(CCCC[C@H]2C)C1=O. The predicted molar refractivity (Wildman–Crippen MR) is 92.4 cm³/mol. The molecule has 0 unspecified atom stereocenters. The molecule has 1 saturated carbocycles. The first-order chi connectivity index (χ1) is 11.9. The van der Waals surface area contributed by atoms with Gasteiger partial charge in [-0.2, -0.15) is 0 Å². The summed E-state index contributed by atoms with van der Waals surface area (Å²) in [6.45, 7) is 3.61. The number of Topliss-reactive ketones (excluding diaryl/α,β-unsaturated/α-hetero) is 1. The largest absolute Gasteiger partial charge is 0.496 e. The van der Waals surface area contributed by atoms with Gasteiger partial charge in [0.15, 0.2) is 5.78 Å². The van der Waals surface area contributed by atoms with E-state index in [-0.39, 0.29) is 30.2 Å². The lowest BCUT2D eigenvalue weighted by Crippen LogP contribution is -2.53. The maximum atomic E-state index is 13.1. The van der Waals surface area contributed by atoms with Crippen molar-refractivity contribution < 1.29 is 19.1 Å². The fourth-order valence-corrected chi connectivity index (χ4v) is 3.93. The molecular weight excluding hydrogens is 320 g/mol. The minimum Gasteiger partial charge on any atom is -0.496 e. The van der Waals surface area contributed by atoms with Crippen molar-refractivity contribution in [2.75, 3.05) is 7.11 Å². The highest BCUT2D eigenvalue weighted by molar-refractivity contribution is 6.07. The lowest BCUT2D eigenvalue weighted by molar-refractivity contribution is -0.134. The summed E-state index contributed by atoms with van der Waals surface area (Å²) >= 11 is 0. The number of imide groups is 1. The monoisotopic (exact) mass is 344 g/mol. The highest BCUT2D eigenvalue weighted by atomic mass is 16.5. The van der Waals surface area contributed by atoms with Crippen LogP contribution in [0.1, 0.15) is 55.5 Å². The number of rotatable bonds is 4. The third kappa shape index (κ3) is 2.90. The molecular formula is C19H24N2O4. The summed E-state index contributed by atoms with van der Waals surface area (Å²) in [5, 5.41) is 2.94. The number of nitrogens with zero attached hydrogens (tertiary/aromatic N) is 1. The Hall–Kier alpha value is -2.37. The summed E-state index contributed by atoms with van der Waals surface area (Å²) in [7, 11) is 1.53. The van der Waals surface area contributed by atoms with Crippen molar-refractivity contribution in [1.29, 1.82) is 0 Å². The summed E-state index contributed by atoms with van der Waals surface area (Å²) in [4.78, 5) is 38.5. The van der Waals surface area contributed by atoms with Crippen LogP contribution in [0.5, 0.6) is 5.75 Å². The lowest BCUT2D eigenvalue weighted by Gasteiger charge is -2.36. The molecule has 134 valence electrons. The van der Waals surface area contributed by atoms with Gasteiger partial charge in [0.2, 0.25) is 0 Å². The number of urea groups is 1. The summed E-state index contributed by atoms with van der Waals surface area (Å²) in [5.74, 6) is 0.440. The predicted octanol–water partition coefficient (Wildman–Crippen LogP) is 2.90. The van der Waals surface area contributed by atoms with E-state index < -0.39 is 5.54 Å². The van der Waals surface area contributed by atoms with E-state index in [0.717, 1.165) is 19.3 Å². The quantitative estimate of drug-likeness (QED) is 0.673. The van der Waals surface area contributed by atoms with Gasteiger partial charge in [0.05, 0.1) is 13.7 Å². The van der Waals surface area contributed by atoms with Crippen LogP contribution in [0, 0.1) is 5.92 Å². The van der Waals surface area contributed by atoms with E-state index in [1.165, 1.54) is 18.9 Å². The van der Waals surface area contributed by atoms with Crippen molar-refractivity contribution in [3.05, 3.63) is 29.3 Å². The zero-order valence-corrected chi connectivity index (χ0v) is 14.9. The average Bonchev–Trinajstić information content (AvgIpc) is 2.82. The molecule has 1 aromatic carbocycles. The van der Waals surface area contributed by atoms with Crippen molar-refractivity contribution >= 4 is 17.7 Å². The molecule has 0 aromatic heterocycles. The van der Waals surface area contributed by atoms with Crippen LogP contribution in [-0.4, -0.2) is 35.3 Å². The number of hydrogen-bond donors (Lipinski definition) is 1. The molecule has 3 rings (SSSR count). The van der Waals surface area contributed by atoms with Crippen LogP contribution in [0.25, 0.3) is 0 Å². The zero-order valence-electron chi connectivity index (χ0n) is 14.9. The van der Waals surface area contributed by atoms with Crippen LogP contribution in [0.4, 0.5) is 4.79 Å². The summed E-state index contributed by atoms with van der Waals surface area (Å²) < 4.78 is 5.34. The molecule has 1 aliphatic heterocycles. The first-order valence-corrected chi connectivity index (χ1v) is 8.71. The summed E-state index contributed by atoms with van der Waals surface area (Å²) in [6, 6.07) is 4.70. The van der Waals surface area contributed by atoms with E-state index in [9.17, 15) is 14.4 Å². The van der Waals surface area contributed by atoms with Gasteiger partial charge in [-0.15, -0.1) is 0 Å². The molecule has 1 aromatic rings. The highest BCUT2D eigenvalue weighted by Crippen LogP contribution is 2.39. The topological polar surface area (TPSA) is 75.7 Å². The molecule has 6 nitrogen and oxygen atoms in total. The maximum absolute atomic E-state index is 13.1. The van der Waals surface area contributed by atoms with Gasteiger partial charge < -0.3 is 10.1 Å². The van der Waals surface area contributed by atoms with E-state index in [4.69, 9.17) is 4.74 Å². The maximum Gasteiger partial charge on any atom is 0.325 e. The van der Waals surface area contributed by atoms with E-state index in [0.29, 0.717) is 23.3 Å². The van der Waals surface area contributed by atoms with Crippen molar-refractivity contribution in [3.8, 4) is 5.75 Å². The number of carbonyl (C=O) groups is 3. The molecule has 1 aliphatic carbocycles. The highest BCUT2D eigenvalue weighted by Gasteiger charge is 2.54. The van der Waals surface area contributed by atoms with Crippen LogP contribution in [-0.2, 0) is 11.3 Å². The van der Waals surface area contributed by atoms with Crippen molar-refractivity contribution in [2.24, 2.45) is 5.92 Å². The minimum atomic E-state index is -0.777. The Morgan fingerprint density at radius 1 is 1.36 bits per heavy atom. The van der Waals surface area contributed by atoms with Crippen LogP contribution in [0.15, 0.2) is 18.2 Å². The Morgan fingerprint density at radius 3 is 2.76 bits per heavy atom. The number of methoxy groups -OCH3 is 1. The van der Waals surface area contributed by atoms with Crippen LogP contribution >= 0.6 is 0 Å². The standard InChI is InChI=1S/C19H24N2O4/c1-12-6-4-5-9-19(12)17(23)21(18(24)20-19)11-15-10-14(13(2)22)7-8-16(15)25-3/h7-8,10,12H,4-6,9,11H2,1-3H3,(H,20,24)/t12-,19+/m1/s1. The number of ether oxygens (including phenoxy) is 1. The Bertz CT molecular complexity index is 730. The fraction of sp³-hybridized carbons (Fsp3) is 0.526. The Morgan fingerprint density at radius 2 is 2.12 bits per heavy atom. The van der Waals surface area contributed by atoms with Gasteiger partial charge in [-0.1, -0.05) is 19.8 Å². The first kappa shape index (κ1) is 17.5. The van der Waals surface area contributed by atoms with Gasteiger partial charge in [-0.05, 0) is 43.9 Å². The average molecular weight is 344 g/mol. The molecule has 2 aliphatic rings. The molecule has 1 N–H and O–H groups in total. The van der Waals surface area contributed by atoms with Gasteiger partial charge in [-0.3, -0.25) is 14.5 Å². The third-order valence-electron chi connectivity index (χ3n) is 5.52. The van der Waals surface area contributed by atoms with Gasteiger partial charge >= 0.3 is 6.03 Å². The molecule has 0 radical (unpaired) electrons. The smallest absolute Gasteiger partial charge is 0.325 e. The zero-order chi connectivity index (χ0) is 18.2. The Labute approximate surface area is 147 Å². The molecule has 1 heterocycles. The lowest BCUT2D eigenvalue weighted by atomic mass is 9.73. The number of carbonyl (C=O) groups excluding carboxylic acids is 3. The molecule has 3 amide bonds. The second kappa shape index (κ2) is 6.50. The number of hydrogen-bond acceptors (Lipinski definition) is 4. The van der Waals surface area contributed by atoms with Gasteiger partial charge in [0, 0.05) is 11.1 Å². The molecule has 0 bridgehead atoms. The fourth-order valence-electron chi connectivity index (χ4n) is 3.93. The molecule has 2 fully saturated rings. The van der Waals surface area contributed by atoms with Crippen LogP contribution in [0.3, 0.4) is 0 Å². The van der Waals surface area contributed by atoms with Crippen molar-refractivity contribution in [1.82, 2.24) is 10.2 Å². The molecule has 1 spiro atoms. The molecule has 25 heavy (non-hydrogen) atoms. The second-order valence-corrected chi connectivity index (χ2v) is 7.02. The summed E-state index contributed by atoms with van der Waals surface area (Å²) in [6.07, 6.45) is 3.64. The van der Waals surface area contributed by atoms with E-state index in [2.05, 4.69) is 5.32 Å². The van der Waals surface area contributed by atoms with Gasteiger partial charge in [0.25, 0.3) is 5.91 Å². The first-order valence-electron chi connectivity index (χ1n) is 8.71. The molecule has 2 atom stereocenters. The Balaban J connectivity index is 1.90. The number of benzene rings is 1. The number of ketones is 1. The molecule has 6 heteroatoms. The molecule has 1 saturated heterocycles. The van der Waals surface area contributed by atoms with E-state index >= 15 is 0 Å². The number of amides is 3. The Kier molecular flexibility index (Phi) is 4.54. The second-order valence-electron chi connectivity index (χ2n) is 7.02. The van der Waals surface area contributed by atoms with Crippen LogP contribution < -0.4 is 10.1 Å². The van der Waals surface area contributed by atoms with Crippen molar-refractivity contribution in [3.63, 3.8) is 0 Å². The van der Waals surface area contributed by atoms with Crippen LogP contribution in [0.2, 0.25) is 0 Å². The minimum absolute atomic E-state index is 0.0709.